The fourth-order valence-corrected chi connectivity index (χ4v) is 2.86. The van der Waals surface area contributed by atoms with E-state index in [-0.39, 0.29) is 11.4 Å². The minimum atomic E-state index is -0.640. The van der Waals surface area contributed by atoms with Gasteiger partial charge in [-0.3, -0.25) is 4.79 Å². The first-order valence-corrected chi connectivity index (χ1v) is 7.90. The van der Waals surface area contributed by atoms with Crippen molar-refractivity contribution < 1.29 is 18.7 Å². The van der Waals surface area contributed by atoms with Crippen molar-refractivity contribution in [3.05, 3.63) is 70.4 Å². The molecule has 2 heterocycles. The number of ketones is 1. The highest BCUT2D eigenvalue weighted by Gasteiger charge is 2.38. The molecule has 0 fully saturated rings. The zero-order valence-corrected chi connectivity index (χ0v) is 14.6. The Bertz CT molecular complexity index is 904. The maximum absolute atomic E-state index is 12.9. The number of methoxy groups -OCH3 is 1. The zero-order chi connectivity index (χ0) is 18.1. The third kappa shape index (κ3) is 2.89. The van der Waals surface area contributed by atoms with Gasteiger partial charge in [-0.1, -0.05) is 6.07 Å². The van der Waals surface area contributed by atoms with Gasteiger partial charge in [0, 0.05) is 17.5 Å². The Morgan fingerprint density at radius 2 is 1.92 bits per heavy atom. The summed E-state index contributed by atoms with van der Waals surface area (Å²) in [7, 11) is 1.27. The number of hydrogen-bond acceptors (Lipinski definition) is 5. The van der Waals surface area contributed by atoms with Gasteiger partial charge in [0.2, 0.25) is 5.78 Å². The number of nitrogens with zero attached hydrogens (tertiary/aromatic N) is 1. The molecule has 5 nitrogen and oxygen atoms in total. The smallest absolute Gasteiger partial charge is 0.343 e. The van der Waals surface area contributed by atoms with Gasteiger partial charge in [-0.15, -0.1) is 0 Å². The summed E-state index contributed by atoms with van der Waals surface area (Å²) in [4.78, 5) is 26.7. The van der Waals surface area contributed by atoms with Gasteiger partial charge in [0.25, 0.3) is 0 Å². The predicted molar refractivity (Wildman–Crippen MR) is 94.8 cm³/mol. The number of aryl methyl sites for hydroxylation is 2. The van der Waals surface area contributed by atoms with Crippen molar-refractivity contribution in [2.24, 2.45) is 0 Å². The maximum atomic E-state index is 12.9. The Hall–Kier alpha value is -3.08. The lowest BCUT2D eigenvalue weighted by Crippen LogP contribution is -2.18. The first-order valence-electron chi connectivity index (χ1n) is 7.90. The summed E-state index contributed by atoms with van der Waals surface area (Å²) in [5, 5.41) is 0. The van der Waals surface area contributed by atoms with Crippen LogP contribution in [0.3, 0.4) is 0 Å². The van der Waals surface area contributed by atoms with Gasteiger partial charge in [-0.2, -0.15) is 0 Å². The Kier molecular flexibility index (Phi) is 4.31. The van der Waals surface area contributed by atoms with Crippen molar-refractivity contribution in [3.63, 3.8) is 0 Å². The minimum Gasteiger partial charge on any atom is -0.465 e. The van der Waals surface area contributed by atoms with Crippen LogP contribution in [0.2, 0.25) is 0 Å². The van der Waals surface area contributed by atoms with E-state index in [0.29, 0.717) is 17.2 Å². The van der Waals surface area contributed by atoms with Gasteiger partial charge in [-0.05, 0) is 56.2 Å². The van der Waals surface area contributed by atoms with Gasteiger partial charge in [0.15, 0.2) is 0 Å². The van der Waals surface area contributed by atoms with Crippen LogP contribution in [-0.2, 0) is 14.3 Å². The fraction of sp³-hybridized carbons (Fsp3) is 0.200. The lowest BCUT2D eigenvalue weighted by Gasteiger charge is -2.22. The van der Waals surface area contributed by atoms with Crippen molar-refractivity contribution in [3.8, 4) is 0 Å². The Balaban J connectivity index is 2.18. The number of carbonyl (C=O) groups excluding carboxylic acids is 2. The topological polar surface area (TPSA) is 59.8 Å². The number of ether oxygens (including phenoxy) is 1. The molecule has 0 amide bonds. The maximum Gasteiger partial charge on any atom is 0.343 e. The third-order valence-corrected chi connectivity index (χ3v) is 4.36. The molecule has 2 aromatic rings. The molecule has 25 heavy (non-hydrogen) atoms. The second-order valence-electron chi connectivity index (χ2n) is 5.93. The monoisotopic (exact) mass is 337 g/mol. The first-order chi connectivity index (χ1) is 11.9. The average Bonchev–Trinajstić information content (AvgIpc) is 3.17. The molecule has 5 heteroatoms. The van der Waals surface area contributed by atoms with Crippen LogP contribution >= 0.6 is 0 Å². The van der Waals surface area contributed by atoms with Gasteiger partial charge in [0.1, 0.15) is 11.3 Å². The van der Waals surface area contributed by atoms with Crippen LogP contribution in [0.25, 0.3) is 6.08 Å². The summed E-state index contributed by atoms with van der Waals surface area (Å²) in [6.07, 6.45) is 3.17. The number of benzene rings is 1. The third-order valence-electron chi connectivity index (χ3n) is 4.36. The number of furan rings is 1. The second kappa shape index (κ2) is 6.43. The molecule has 0 saturated carbocycles. The van der Waals surface area contributed by atoms with Crippen LogP contribution in [0.15, 0.2) is 58.0 Å². The lowest BCUT2D eigenvalue weighted by molar-refractivity contribution is -0.137. The van der Waals surface area contributed by atoms with Crippen molar-refractivity contribution in [2.75, 3.05) is 12.0 Å². The molecule has 0 saturated heterocycles. The molecule has 0 spiro atoms. The lowest BCUT2D eigenvalue weighted by atomic mass is 10.1. The van der Waals surface area contributed by atoms with Crippen LogP contribution < -0.4 is 4.90 Å². The number of allylic oxidation sites excluding steroid dienone is 2. The van der Waals surface area contributed by atoms with Gasteiger partial charge in [-0.25, -0.2) is 4.79 Å². The molecule has 0 N–H and O–H groups in total. The quantitative estimate of drug-likeness (QED) is 0.485. The van der Waals surface area contributed by atoms with E-state index < -0.39 is 5.97 Å². The van der Waals surface area contributed by atoms with E-state index >= 15 is 0 Å². The molecule has 1 aromatic carbocycles. The van der Waals surface area contributed by atoms with E-state index in [4.69, 9.17) is 9.15 Å². The number of carbonyl (C=O) groups is 2. The molecule has 0 bridgehead atoms. The molecule has 0 aliphatic carbocycles. The van der Waals surface area contributed by atoms with Gasteiger partial charge >= 0.3 is 5.97 Å². The van der Waals surface area contributed by atoms with Crippen LogP contribution in [0.4, 0.5) is 5.69 Å². The standard InChI is InChI=1S/C20H19NO4/c1-12-7-8-15(10-13(12)2)21-14(3)18(20(23)24-4)19(22)17(21)11-16-6-5-9-25-16/h5-11H,1-4H3. The Labute approximate surface area is 146 Å². The molecule has 128 valence electrons. The van der Waals surface area contributed by atoms with E-state index in [1.807, 2.05) is 32.0 Å². The van der Waals surface area contributed by atoms with Gasteiger partial charge in [0.05, 0.1) is 19.1 Å². The number of esters is 1. The summed E-state index contributed by atoms with van der Waals surface area (Å²) < 4.78 is 10.1. The van der Waals surface area contributed by atoms with Crippen LogP contribution in [-0.4, -0.2) is 18.9 Å². The molecule has 0 unspecified atom stereocenters. The summed E-state index contributed by atoms with van der Waals surface area (Å²) in [5.41, 5.74) is 4.00. The number of hydrogen-bond donors (Lipinski definition) is 0. The number of anilines is 1. The molecule has 3 rings (SSSR count). The molecule has 1 aliphatic rings. The summed E-state index contributed by atoms with van der Waals surface area (Å²) in [6.45, 7) is 5.77. The van der Waals surface area contributed by atoms with Crippen molar-refractivity contribution >= 4 is 23.5 Å². The highest BCUT2D eigenvalue weighted by molar-refractivity contribution is 6.30. The van der Waals surface area contributed by atoms with Crippen LogP contribution in [0.5, 0.6) is 0 Å². The first kappa shape index (κ1) is 16.8. The summed E-state index contributed by atoms with van der Waals surface area (Å²) >= 11 is 0. The van der Waals surface area contributed by atoms with Gasteiger partial charge < -0.3 is 14.1 Å². The van der Waals surface area contributed by atoms with E-state index in [2.05, 4.69) is 0 Å². The molecule has 0 radical (unpaired) electrons. The summed E-state index contributed by atoms with van der Waals surface area (Å²) in [6, 6.07) is 9.40. The van der Waals surface area contributed by atoms with E-state index in [1.54, 1.807) is 30.0 Å². The largest absolute Gasteiger partial charge is 0.465 e. The van der Waals surface area contributed by atoms with Crippen molar-refractivity contribution in [1.82, 2.24) is 0 Å². The molecule has 1 aliphatic heterocycles. The molecule has 0 atom stereocenters. The number of rotatable bonds is 3. The second-order valence-corrected chi connectivity index (χ2v) is 5.93. The highest BCUT2D eigenvalue weighted by Crippen LogP contribution is 2.36. The molecular formula is C20H19NO4. The fourth-order valence-electron chi connectivity index (χ4n) is 2.86. The zero-order valence-electron chi connectivity index (χ0n) is 14.6. The Morgan fingerprint density at radius 1 is 1.16 bits per heavy atom. The van der Waals surface area contributed by atoms with E-state index in [9.17, 15) is 9.59 Å². The van der Waals surface area contributed by atoms with Crippen LogP contribution in [0, 0.1) is 13.8 Å². The molecular weight excluding hydrogens is 318 g/mol. The SMILES string of the molecule is COC(=O)C1=C(C)N(c2ccc(C)c(C)c2)C(=Cc2ccco2)C1=O. The predicted octanol–water partition coefficient (Wildman–Crippen LogP) is 3.77. The Morgan fingerprint density at radius 3 is 2.52 bits per heavy atom. The minimum absolute atomic E-state index is 0.0403. The van der Waals surface area contributed by atoms with E-state index in [0.717, 1.165) is 16.8 Å². The molecule has 1 aromatic heterocycles. The normalized spacial score (nSPS) is 16.1. The summed E-state index contributed by atoms with van der Waals surface area (Å²) in [5.74, 6) is -0.478. The van der Waals surface area contributed by atoms with Crippen molar-refractivity contribution in [2.45, 2.75) is 20.8 Å². The number of Topliss-reactive ketones (excluding diaryl/α,β-unsaturated/α-hetero) is 1. The van der Waals surface area contributed by atoms with E-state index in [1.165, 1.54) is 13.4 Å². The average molecular weight is 337 g/mol. The van der Waals surface area contributed by atoms with Crippen molar-refractivity contribution in [1.29, 1.82) is 0 Å². The van der Waals surface area contributed by atoms with Crippen LogP contribution in [0.1, 0.15) is 23.8 Å². The highest BCUT2D eigenvalue weighted by atomic mass is 16.5.